The first-order valence-corrected chi connectivity index (χ1v) is 7.66. The number of ether oxygens (including phenoxy) is 2. The standard InChI is InChI=1S/C18H14BrNO4/c1-23-16-9-17(24-2)15(19)8-13(16)7-14(10-20)11-3-5-12(6-4-11)18(21)22/h3-9H,1-2H3,(H,21,22)/b14-7-. The van der Waals surface area contributed by atoms with Crippen LogP contribution in [0.15, 0.2) is 40.9 Å². The lowest BCUT2D eigenvalue weighted by molar-refractivity contribution is 0.0697. The molecule has 24 heavy (non-hydrogen) atoms. The molecule has 0 amide bonds. The van der Waals surface area contributed by atoms with Crippen molar-refractivity contribution in [2.75, 3.05) is 14.2 Å². The van der Waals surface area contributed by atoms with Crippen LogP contribution in [-0.4, -0.2) is 25.3 Å². The number of carboxylic acid groups (broad SMARTS) is 1. The second kappa shape index (κ2) is 7.66. The molecule has 0 saturated carbocycles. The zero-order chi connectivity index (χ0) is 17.7. The molecule has 0 bridgehead atoms. The largest absolute Gasteiger partial charge is 0.496 e. The molecule has 5 nitrogen and oxygen atoms in total. The number of halogens is 1. The second-order valence-electron chi connectivity index (χ2n) is 4.78. The number of carboxylic acids is 1. The summed E-state index contributed by atoms with van der Waals surface area (Å²) in [4.78, 5) is 10.9. The Morgan fingerprint density at radius 2 is 1.71 bits per heavy atom. The van der Waals surface area contributed by atoms with Gasteiger partial charge in [-0.25, -0.2) is 4.79 Å². The molecule has 0 fully saturated rings. The lowest BCUT2D eigenvalue weighted by atomic mass is 10.0. The van der Waals surface area contributed by atoms with E-state index in [0.717, 1.165) is 4.47 Å². The topological polar surface area (TPSA) is 79.5 Å². The van der Waals surface area contributed by atoms with Crippen molar-refractivity contribution in [3.05, 3.63) is 57.6 Å². The van der Waals surface area contributed by atoms with Crippen LogP contribution >= 0.6 is 15.9 Å². The van der Waals surface area contributed by atoms with Crippen LogP contribution in [0.2, 0.25) is 0 Å². The van der Waals surface area contributed by atoms with Gasteiger partial charge in [-0.05, 0) is 45.8 Å². The zero-order valence-corrected chi connectivity index (χ0v) is 14.6. The van der Waals surface area contributed by atoms with E-state index >= 15 is 0 Å². The van der Waals surface area contributed by atoms with Crippen LogP contribution in [0.5, 0.6) is 11.5 Å². The van der Waals surface area contributed by atoms with Crippen LogP contribution in [0.4, 0.5) is 0 Å². The van der Waals surface area contributed by atoms with Crippen LogP contribution in [0.1, 0.15) is 21.5 Å². The van der Waals surface area contributed by atoms with Crippen molar-refractivity contribution in [2.45, 2.75) is 0 Å². The maximum Gasteiger partial charge on any atom is 0.335 e. The SMILES string of the molecule is COc1cc(OC)c(/C=C(/C#N)c2ccc(C(=O)O)cc2)cc1Br. The van der Waals surface area contributed by atoms with Gasteiger partial charge in [0.05, 0.1) is 35.9 Å². The molecule has 0 aliphatic rings. The molecule has 0 radical (unpaired) electrons. The van der Waals surface area contributed by atoms with E-state index < -0.39 is 5.97 Å². The summed E-state index contributed by atoms with van der Waals surface area (Å²) in [5.41, 5.74) is 1.88. The van der Waals surface area contributed by atoms with Crippen LogP contribution in [-0.2, 0) is 0 Å². The van der Waals surface area contributed by atoms with Crippen molar-refractivity contribution < 1.29 is 19.4 Å². The van der Waals surface area contributed by atoms with Gasteiger partial charge < -0.3 is 14.6 Å². The summed E-state index contributed by atoms with van der Waals surface area (Å²) in [5, 5.41) is 18.4. The molecule has 1 N–H and O–H groups in total. The fourth-order valence-electron chi connectivity index (χ4n) is 2.12. The summed E-state index contributed by atoms with van der Waals surface area (Å²) in [5.74, 6) is 0.170. The Kier molecular flexibility index (Phi) is 5.61. The summed E-state index contributed by atoms with van der Waals surface area (Å²) >= 11 is 3.41. The van der Waals surface area contributed by atoms with Gasteiger partial charge in [0, 0.05) is 11.6 Å². The minimum Gasteiger partial charge on any atom is -0.496 e. The molecular formula is C18H14BrNO4. The highest BCUT2D eigenvalue weighted by molar-refractivity contribution is 9.10. The summed E-state index contributed by atoms with van der Waals surface area (Å²) in [6, 6.07) is 11.8. The van der Waals surface area contributed by atoms with Crippen LogP contribution in [0, 0.1) is 11.3 Å². The smallest absolute Gasteiger partial charge is 0.335 e. The van der Waals surface area contributed by atoms with Crippen molar-refractivity contribution in [3.63, 3.8) is 0 Å². The summed E-state index contributed by atoms with van der Waals surface area (Å²) in [6.45, 7) is 0. The fraction of sp³-hybridized carbons (Fsp3) is 0.111. The van der Waals surface area contributed by atoms with E-state index in [1.807, 2.05) is 0 Å². The maximum atomic E-state index is 10.9. The first-order valence-electron chi connectivity index (χ1n) is 6.87. The van der Waals surface area contributed by atoms with Crippen molar-refractivity contribution >= 4 is 33.5 Å². The third kappa shape index (κ3) is 3.76. The number of nitrogens with zero attached hydrogens (tertiary/aromatic N) is 1. The first-order chi connectivity index (χ1) is 11.5. The minimum atomic E-state index is -1.01. The lowest BCUT2D eigenvalue weighted by Gasteiger charge is -2.10. The highest BCUT2D eigenvalue weighted by atomic mass is 79.9. The maximum absolute atomic E-state index is 10.9. The molecule has 0 atom stereocenters. The minimum absolute atomic E-state index is 0.167. The van der Waals surface area contributed by atoms with Gasteiger partial charge in [-0.15, -0.1) is 0 Å². The number of hydrogen-bond donors (Lipinski definition) is 1. The first kappa shape index (κ1) is 17.6. The van der Waals surface area contributed by atoms with Gasteiger partial charge in [0.25, 0.3) is 0 Å². The third-order valence-corrected chi connectivity index (χ3v) is 3.99. The average molecular weight is 388 g/mol. The predicted molar refractivity (Wildman–Crippen MR) is 94.1 cm³/mol. The molecule has 0 saturated heterocycles. The van der Waals surface area contributed by atoms with Gasteiger partial charge in [-0.2, -0.15) is 5.26 Å². The van der Waals surface area contributed by atoms with Gasteiger partial charge in [-0.1, -0.05) is 12.1 Å². The van der Waals surface area contributed by atoms with E-state index in [4.69, 9.17) is 14.6 Å². The molecule has 0 aliphatic carbocycles. The van der Waals surface area contributed by atoms with E-state index in [0.29, 0.717) is 28.2 Å². The quantitative estimate of drug-likeness (QED) is 0.613. The van der Waals surface area contributed by atoms with Crippen molar-refractivity contribution in [3.8, 4) is 17.6 Å². The molecule has 2 aromatic rings. The van der Waals surface area contributed by atoms with E-state index in [-0.39, 0.29) is 5.56 Å². The lowest BCUT2D eigenvalue weighted by Crippen LogP contribution is -1.96. The number of aromatic carboxylic acids is 1. The van der Waals surface area contributed by atoms with Gasteiger partial charge in [0.1, 0.15) is 11.5 Å². The molecule has 0 unspecified atom stereocenters. The summed E-state index contributed by atoms with van der Waals surface area (Å²) in [6.07, 6.45) is 1.68. The van der Waals surface area contributed by atoms with Gasteiger partial charge in [-0.3, -0.25) is 0 Å². The summed E-state index contributed by atoms with van der Waals surface area (Å²) in [7, 11) is 3.09. The number of rotatable bonds is 5. The Balaban J connectivity index is 2.49. The van der Waals surface area contributed by atoms with Crippen LogP contribution in [0.25, 0.3) is 11.6 Å². The Morgan fingerprint density at radius 3 is 2.21 bits per heavy atom. The number of nitriles is 1. The molecule has 0 spiro atoms. The molecule has 2 rings (SSSR count). The second-order valence-corrected chi connectivity index (χ2v) is 5.64. The van der Waals surface area contributed by atoms with Gasteiger partial charge in [0.15, 0.2) is 0 Å². The molecule has 0 aromatic heterocycles. The van der Waals surface area contributed by atoms with Crippen LogP contribution in [0.3, 0.4) is 0 Å². The Labute approximate surface area is 147 Å². The number of benzene rings is 2. The molecule has 0 heterocycles. The zero-order valence-electron chi connectivity index (χ0n) is 13.0. The Bertz CT molecular complexity index is 835. The van der Waals surface area contributed by atoms with Crippen molar-refractivity contribution in [2.24, 2.45) is 0 Å². The number of hydrogen-bond acceptors (Lipinski definition) is 4. The van der Waals surface area contributed by atoms with Gasteiger partial charge >= 0.3 is 5.97 Å². The highest BCUT2D eigenvalue weighted by Crippen LogP contribution is 2.34. The number of carbonyl (C=O) groups is 1. The Hall–Kier alpha value is -2.78. The number of methoxy groups -OCH3 is 2. The van der Waals surface area contributed by atoms with E-state index in [1.54, 1.807) is 37.5 Å². The summed E-state index contributed by atoms with van der Waals surface area (Å²) < 4.78 is 11.3. The predicted octanol–water partition coefficient (Wildman–Crippen LogP) is 4.23. The molecule has 122 valence electrons. The highest BCUT2D eigenvalue weighted by Gasteiger charge is 2.10. The average Bonchev–Trinajstić information content (AvgIpc) is 2.59. The molecule has 6 heteroatoms. The van der Waals surface area contributed by atoms with Crippen molar-refractivity contribution in [1.29, 1.82) is 5.26 Å². The normalized spacial score (nSPS) is 10.8. The van der Waals surface area contributed by atoms with Crippen LogP contribution < -0.4 is 9.47 Å². The Morgan fingerprint density at radius 1 is 1.12 bits per heavy atom. The monoisotopic (exact) mass is 387 g/mol. The fourth-order valence-corrected chi connectivity index (χ4v) is 2.65. The molecular weight excluding hydrogens is 374 g/mol. The van der Waals surface area contributed by atoms with Crippen molar-refractivity contribution in [1.82, 2.24) is 0 Å². The van der Waals surface area contributed by atoms with Gasteiger partial charge in [0.2, 0.25) is 0 Å². The van der Waals surface area contributed by atoms with E-state index in [9.17, 15) is 10.1 Å². The van der Waals surface area contributed by atoms with E-state index in [1.165, 1.54) is 19.2 Å². The third-order valence-electron chi connectivity index (χ3n) is 3.37. The molecule has 0 aliphatic heterocycles. The number of allylic oxidation sites excluding steroid dienone is 1. The molecule has 2 aromatic carbocycles. The van der Waals surface area contributed by atoms with E-state index in [2.05, 4.69) is 22.0 Å².